The molecule has 1 heterocycles. The minimum Gasteiger partial charge on any atom is -0.396 e. The van der Waals surface area contributed by atoms with Gasteiger partial charge in [0.25, 0.3) is 5.91 Å². The van der Waals surface area contributed by atoms with Gasteiger partial charge in [0.05, 0.1) is 17.7 Å². The quantitative estimate of drug-likeness (QED) is 0.907. The van der Waals surface area contributed by atoms with Crippen molar-refractivity contribution in [3.63, 3.8) is 0 Å². The summed E-state index contributed by atoms with van der Waals surface area (Å²) in [5, 5.41) is 13.5. The summed E-state index contributed by atoms with van der Waals surface area (Å²) >= 11 is 0. The lowest BCUT2D eigenvalue weighted by Crippen LogP contribution is -2.38. The van der Waals surface area contributed by atoms with Crippen molar-refractivity contribution >= 4 is 16.8 Å². The van der Waals surface area contributed by atoms with Crippen LogP contribution in [0.15, 0.2) is 36.5 Å². The van der Waals surface area contributed by atoms with Crippen molar-refractivity contribution in [2.45, 2.75) is 25.7 Å². The second-order valence-electron chi connectivity index (χ2n) is 5.92. The predicted molar refractivity (Wildman–Crippen MR) is 82.1 cm³/mol. The van der Waals surface area contributed by atoms with Gasteiger partial charge in [-0.3, -0.25) is 9.78 Å². The molecule has 3 rings (SSSR count). The van der Waals surface area contributed by atoms with E-state index in [1.165, 1.54) is 0 Å². The number of nitrogens with one attached hydrogen (secondary N) is 1. The number of nitrogens with zero attached hydrogens (tertiary/aromatic N) is 1. The second kappa shape index (κ2) is 5.82. The Kier molecular flexibility index (Phi) is 3.88. The molecule has 1 fully saturated rings. The van der Waals surface area contributed by atoms with Gasteiger partial charge in [-0.2, -0.15) is 0 Å². The molecule has 0 radical (unpaired) electrons. The number of pyridine rings is 1. The fourth-order valence-electron chi connectivity index (χ4n) is 3.17. The monoisotopic (exact) mass is 284 g/mol. The van der Waals surface area contributed by atoms with E-state index in [-0.39, 0.29) is 17.9 Å². The van der Waals surface area contributed by atoms with Crippen LogP contribution in [0.5, 0.6) is 0 Å². The fourth-order valence-corrected chi connectivity index (χ4v) is 3.17. The van der Waals surface area contributed by atoms with Crippen molar-refractivity contribution in [3.8, 4) is 0 Å². The van der Waals surface area contributed by atoms with Gasteiger partial charge in [0.2, 0.25) is 0 Å². The lowest BCUT2D eigenvalue weighted by Gasteiger charge is -2.26. The number of aliphatic hydroxyl groups excluding tert-OH is 1. The Labute approximate surface area is 124 Å². The first-order valence-electron chi connectivity index (χ1n) is 7.47. The average molecular weight is 284 g/mol. The highest BCUT2D eigenvalue weighted by Gasteiger charge is 2.33. The number of hydrogen-bond acceptors (Lipinski definition) is 3. The van der Waals surface area contributed by atoms with E-state index < -0.39 is 0 Å². The molecule has 0 saturated heterocycles. The smallest absolute Gasteiger partial charge is 0.252 e. The molecule has 4 heteroatoms. The van der Waals surface area contributed by atoms with Crippen molar-refractivity contribution in [3.05, 3.63) is 42.1 Å². The van der Waals surface area contributed by atoms with Crippen LogP contribution in [0.4, 0.5) is 0 Å². The molecular formula is C17H20N2O2. The van der Waals surface area contributed by atoms with E-state index >= 15 is 0 Å². The van der Waals surface area contributed by atoms with Gasteiger partial charge in [0.1, 0.15) is 0 Å². The molecule has 4 nitrogen and oxygen atoms in total. The SMILES string of the molecule is O=C(NCC1(CO)CCCC1)c1ccnc2ccccc12. The Balaban J connectivity index is 1.78. The molecule has 0 atom stereocenters. The van der Waals surface area contributed by atoms with Crippen LogP contribution in [0.25, 0.3) is 10.9 Å². The Bertz CT molecular complexity index is 643. The zero-order valence-corrected chi connectivity index (χ0v) is 12.0. The molecule has 1 aliphatic rings. The van der Waals surface area contributed by atoms with Crippen molar-refractivity contribution < 1.29 is 9.90 Å². The van der Waals surface area contributed by atoms with Crippen LogP contribution < -0.4 is 5.32 Å². The summed E-state index contributed by atoms with van der Waals surface area (Å²) in [4.78, 5) is 16.7. The number of rotatable bonds is 4. The predicted octanol–water partition coefficient (Wildman–Crippen LogP) is 2.52. The lowest BCUT2D eigenvalue weighted by atomic mass is 9.87. The van der Waals surface area contributed by atoms with E-state index in [0.717, 1.165) is 36.6 Å². The molecule has 2 aromatic rings. The molecule has 0 unspecified atom stereocenters. The van der Waals surface area contributed by atoms with Gasteiger partial charge in [-0.05, 0) is 25.0 Å². The fraction of sp³-hybridized carbons (Fsp3) is 0.412. The van der Waals surface area contributed by atoms with Crippen molar-refractivity contribution in [1.29, 1.82) is 0 Å². The summed E-state index contributed by atoms with van der Waals surface area (Å²) < 4.78 is 0. The molecule has 1 aromatic heterocycles. The molecule has 21 heavy (non-hydrogen) atoms. The zero-order chi connectivity index (χ0) is 14.7. The molecule has 1 saturated carbocycles. The van der Waals surface area contributed by atoms with Crippen LogP contribution in [0.1, 0.15) is 36.0 Å². The van der Waals surface area contributed by atoms with Crippen LogP contribution in [0, 0.1) is 5.41 Å². The molecule has 2 N–H and O–H groups in total. The van der Waals surface area contributed by atoms with Crippen LogP contribution in [0.2, 0.25) is 0 Å². The molecule has 0 bridgehead atoms. The summed E-state index contributed by atoms with van der Waals surface area (Å²) in [5.74, 6) is -0.0895. The third-order valence-electron chi connectivity index (χ3n) is 4.52. The molecule has 1 aromatic carbocycles. The first-order valence-corrected chi connectivity index (χ1v) is 7.47. The van der Waals surface area contributed by atoms with Crippen LogP contribution in [0.3, 0.4) is 0 Å². The number of hydrogen-bond donors (Lipinski definition) is 2. The Morgan fingerprint density at radius 2 is 2.00 bits per heavy atom. The third kappa shape index (κ3) is 2.76. The number of para-hydroxylation sites is 1. The first kappa shape index (κ1) is 14.0. The lowest BCUT2D eigenvalue weighted by molar-refractivity contribution is 0.0882. The largest absolute Gasteiger partial charge is 0.396 e. The number of aliphatic hydroxyl groups is 1. The van der Waals surface area contributed by atoms with Crippen molar-refractivity contribution in [1.82, 2.24) is 10.3 Å². The Morgan fingerprint density at radius 3 is 2.76 bits per heavy atom. The average Bonchev–Trinajstić information content (AvgIpc) is 3.01. The van der Waals surface area contributed by atoms with Gasteiger partial charge >= 0.3 is 0 Å². The minimum atomic E-state index is -0.126. The van der Waals surface area contributed by atoms with Gasteiger partial charge in [-0.25, -0.2) is 0 Å². The highest BCUT2D eigenvalue weighted by molar-refractivity contribution is 6.05. The van der Waals surface area contributed by atoms with Gasteiger partial charge in [0.15, 0.2) is 0 Å². The number of carbonyl (C=O) groups is 1. The maximum atomic E-state index is 12.5. The van der Waals surface area contributed by atoms with Gasteiger partial charge in [-0.1, -0.05) is 31.0 Å². The summed E-state index contributed by atoms with van der Waals surface area (Å²) in [5.41, 5.74) is 1.34. The molecule has 1 aliphatic carbocycles. The van der Waals surface area contributed by atoms with E-state index in [2.05, 4.69) is 10.3 Å². The van der Waals surface area contributed by atoms with E-state index in [0.29, 0.717) is 12.1 Å². The van der Waals surface area contributed by atoms with E-state index in [4.69, 9.17) is 0 Å². The van der Waals surface area contributed by atoms with E-state index in [1.807, 2.05) is 24.3 Å². The van der Waals surface area contributed by atoms with E-state index in [9.17, 15) is 9.90 Å². The highest BCUT2D eigenvalue weighted by Crippen LogP contribution is 2.36. The normalized spacial score (nSPS) is 17.0. The van der Waals surface area contributed by atoms with Crippen molar-refractivity contribution in [2.24, 2.45) is 5.41 Å². The number of amides is 1. The maximum Gasteiger partial charge on any atom is 0.252 e. The topological polar surface area (TPSA) is 62.2 Å². The van der Waals surface area contributed by atoms with Crippen LogP contribution in [-0.2, 0) is 0 Å². The van der Waals surface area contributed by atoms with E-state index in [1.54, 1.807) is 12.3 Å². The van der Waals surface area contributed by atoms with Gasteiger partial charge in [0, 0.05) is 23.5 Å². The molecule has 1 amide bonds. The summed E-state index contributed by atoms with van der Waals surface area (Å²) in [6, 6.07) is 9.38. The van der Waals surface area contributed by atoms with Crippen LogP contribution >= 0.6 is 0 Å². The second-order valence-corrected chi connectivity index (χ2v) is 5.92. The number of aromatic nitrogens is 1. The number of carbonyl (C=O) groups excluding carboxylic acids is 1. The summed E-state index contributed by atoms with van der Waals surface area (Å²) in [6.45, 7) is 0.684. The molecule has 0 aliphatic heterocycles. The molecule has 0 spiro atoms. The first-order chi connectivity index (χ1) is 10.2. The summed E-state index contributed by atoms with van der Waals surface area (Å²) in [7, 11) is 0. The van der Waals surface area contributed by atoms with Gasteiger partial charge < -0.3 is 10.4 Å². The molecular weight excluding hydrogens is 264 g/mol. The third-order valence-corrected chi connectivity index (χ3v) is 4.52. The zero-order valence-electron chi connectivity index (χ0n) is 12.0. The number of benzene rings is 1. The highest BCUT2D eigenvalue weighted by atomic mass is 16.3. The number of fused-ring (bicyclic) bond motifs is 1. The van der Waals surface area contributed by atoms with Crippen LogP contribution in [-0.4, -0.2) is 29.1 Å². The minimum absolute atomic E-state index is 0.0895. The Hall–Kier alpha value is -1.94. The molecule has 110 valence electrons. The van der Waals surface area contributed by atoms with Gasteiger partial charge in [-0.15, -0.1) is 0 Å². The van der Waals surface area contributed by atoms with Crippen molar-refractivity contribution in [2.75, 3.05) is 13.2 Å². The standard InChI is InChI=1S/C17H20N2O2/c20-12-17(8-3-4-9-17)11-19-16(21)14-7-10-18-15-6-2-1-5-13(14)15/h1-2,5-7,10,20H,3-4,8-9,11-12H2,(H,19,21). The summed E-state index contributed by atoms with van der Waals surface area (Å²) in [6.07, 6.45) is 5.90. The Morgan fingerprint density at radius 1 is 1.24 bits per heavy atom. The maximum absolute atomic E-state index is 12.5.